The van der Waals surface area contributed by atoms with E-state index in [1.165, 1.54) is 11.8 Å². The lowest BCUT2D eigenvalue weighted by atomic mass is 10.2. The highest BCUT2D eigenvalue weighted by Crippen LogP contribution is 2.36. The number of para-hydroxylation sites is 2. The second kappa shape index (κ2) is 8.79. The summed E-state index contributed by atoms with van der Waals surface area (Å²) >= 11 is 7.24. The van der Waals surface area contributed by atoms with Crippen molar-refractivity contribution in [1.29, 1.82) is 0 Å². The lowest BCUT2D eigenvalue weighted by Gasteiger charge is -2.23. The minimum Gasteiger partial charge on any atom is -0.482 e. The van der Waals surface area contributed by atoms with Gasteiger partial charge in [0.1, 0.15) is 5.75 Å². The zero-order valence-corrected chi connectivity index (χ0v) is 15.6. The number of fused-ring (bicyclic) bond motifs is 1. The average molecular weight is 406 g/mol. The van der Waals surface area contributed by atoms with Crippen molar-refractivity contribution in [1.82, 2.24) is 10.9 Å². The molecule has 1 aliphatic rings. The molecule has 0 fully saturated rings. The van der Waals surface area contributed by atoms with Crippen LogP contribution in [0.2, 0.25) is 5.02 Å². The Morgan fingerprint density at radius 3 is 2.59 bits per heavy atom. The molecule has 1 heterocycles. The van der Waals surface area contributed by atoms with Crippen LogP contribution in [0.3, 0.4) is 0 Å². The number of nitrogens with one attached hydrogen (secondary N) is 3. The van der Waals surface area contributed by atoms with Crippen LogP contribution in [0.4, 0.5) is 5.69 Å². The number of amides is 3. The van der Waals surface area contributed by atoms with Crippen LogP contribution in [-0.4, -0.2) is 29.6 Å². The molecule has 0 aliphatic carbocycles. The van der Waals surface area contributed by atoms with Gasteiger partial charge in [-0.05, 0) is 24.3 Å². The van der Waals surface area contributed by atoms with E-state index in [0.717, 1.165) is 10.6 Å². The number of thioether (sulfide) groups is 1. The van der Waals surface area contributed by atoms with E-state index < -0.39 is 17.1 Å². The van der Waals surface area contributed by atoms with Crippen LogP contribution in [0.15, 0.2) is 53.4 Å². The van der Waals surface area contributed by atoms with Gasteiger partial charge in [-0.25, -0.2) is 0 Å². The molecule has 1 atom stereocenters. The van der Waals surface area contributed by atoms with E-state index in [0.29, 0.717) is 10.8 Å². The predicted octanol–water partition coefficient (Wildman–Crippen LogP) is 2.37. The third-order valence-electron chi connectivity index (χ3n) is 3.61. The number of anilines is 1. The van der Waals surface area contributed by atoms with Gasteiger partial charge in [-0.3, -0.25) is 25.2 Å². The monoisotopic (exact) mass is 405 g/mol. The minimum atomic E-state index is -0.573. The largest absolute Gasteiger partial charge is 0.482 e. The highest BCUT2D eigenvalue weighted by molar-refractivity contribution is 8.01. The Bertz CT molecular complexity index is 877. The number of rotatable bonds is 5. The maximum absolute atomic E-state index is 12.1. The fourth-order valence-electron chi connectivity index (χ4n) is 2.33. The van der Waals surface area contributed by atoms with Crippen LogP contribution in [0.1, 0.15) is 6.42 Å². The smallest absolute Gasteiger partial charge is 0.276 e. The van der Waals surface area contributed by atoms with E-state index in [1.807, 2.05) is 18.2 Å². The number of ether oxygens (including phenoxy) is 1. The molecule has 0 radical (unpaired) electrons. The molecule has 9 heteroatoms. The fourth-order valence-corrected chi connectivity index (χ4v) is 3.63. The van der Waals surface area contributed by atoms with Crippen molar-refractivity contribution < 1.29 is 19.1 Å². The van der Waals surface area contributed by atoms with Crippen LogP contribution in [0, 0.1) is 0 Å². The van der Waals surface area contributed by atoms with Crippen LogP contribution in [-0.2, 0) is 14.4 Å². The van der Waals surface area contributed by atoms with E-state index >= 15 is 0 Å². The average Bonchev–Trinajstić information content (AvgIpc) is 2.66. The first-order chi connectivity index (χ1) is 13.0. The summed E-state index contributed by atoms with van der Waals surface area (Å²) in [7, 11) is 0. The summed E-state index contributed by atoms with van der Waals surface area (Å²) in [5.74, 6) is -0.903. The Kier molecular flexibility index (Phi) is 6.20. The Balaban J connectivity index is 1.44. The topological polar surface area (TPSA) is 96.5 Å². The summed E-state index contributed by atoms with van der Waals surface area (Å²) in [6, 6.07) is 14.1. The van der Waals surface area contributed by atoms with Crippen molar-refractivity contribution in [3.05, 3.63) is 53.6 Å². The number of hydrogen-bond acceptors (Lipinski definition) is 5. The van der Waals surface area contributed by atoms with Gasteiger partial charge in [-0.2, -0.15) is 0 Å². The minimum absolute atomic E-state index is 0.0729. The summed E-state index contributed by atoms with van der Waals surface area (Å²) in [6.07, 6.45) is -0.0729. The third kappa shape index (κ3) is 5.15. The first kappa shape index (κ1) is 19.1. The van der Waals surface area contributed by atoms with Crippen LogP contribution < -0.4 is 20.9 Å². The SMILES string of the molecule is O=C(COc1ccccc1Cl)NNC(=O)C[C@H]1Sc2ccccc2NC1=O. The van der Waals surface area contributed by atoms with Crippen molar-refractivity contribution in [2.45, 2.75) is 16.6 Å². The maximum Gasteiger partial charge on any atom is 0.276 e. The number of hydrogen-bond donors (Lipinski definition) is 3. The molecule has 0 aromatic heterocycles. The van der Waals surface area contributed by atoms with Crippen molar-refractivity contribution in [3.8, 4) is 5.75 Å². The molecule has 140 valence electrons. The molecule has 0 unspecified atom stereocenters. The Labute approximate surface area is 164 Å². The maximum atomic E-state index is 12.1. The van der Waals surface area contributed by atoms with Crippen molar-refractivity contribution in [2.75, 3.05) is 11.9 Å². The van der Waals surface area contributed by atoms with Gasteiger partial charge in [0.05, 0.1) is 16.0 Å². The summed E-state index contributed by atoms with van der Waals surface area (Å²) in [4.78, 5) is 36.8. The summed E-state index contributed by atoms with van der Waals surface area (Å²) < 4.78 is 5.27. The molecule has 1 aliphatic heterocycles. The molecular formula is C18H16ClN3O4S. The summed E-state index contributed by atoms with van der Waals surface area (Å²) in [5.41, 5.74) is 5.26. The van der Waals surface area contributed by atoms with Gasteiger partial charge in [0.2, 0.25) is 11.8 Å². The molecule has 7 nitrogen and oxygen atoms in total. The highest BCUT2D eigenvalue weighted by Gasteiger charge is 2.28. The first-order valence-corrected chi connectivity index (χ1v) is 9.30. The van der Waals surface area contributed by atoms with E-state index in [-0.39, 0.29) is 18.9 Å². The number of halogens is 1. The molecule has 2 aromatic carbocycles. The van der Waals surface area contributed by atoms with E-state index in [9.17, 15) is 14.4 Å². The summed E-state index contributed by atoms with van der Waals surface area (Å²) in [5, 5.41) is 2.58. The van der Waals surface area contributed by atoms with Crippen LogP contribution in [0.25, 0.3) is 0 Å². The molecule has 0 bridgehead atoms. The van der Waals surface area contributed by atoms with Crippen molar-refractivity contribution in [3.63, 3.8) is 0 Å². The molecule has 3 rings (SSSR count). The van der Waals surface area contributed by atoms with E-state index in [2.05, 4.69) is 16.2 Å². The second-order valence-corrected chi connectivity index (χ2v) is 7.26. The number of hydrazine groups is 1. The standard InChI is InChI=1S/C18H16ClN3O4S/c19-11-5-1-3-7-13(11)26-10-17(24)22-21-16(23)9-15-18(25)20-12-6-2-4-8-14(12)27-15/h1-8,15H,9-10H2,(H,20,25)(H,21,23)(H,22,24)/t15-/m1/s1. The Hall–Kier alpha value is -2.71. The van der Waals surface area contributed by atoms with Crippen LogP contribution >= 0.6 is 23.4 Å². The molecule has 0 saturated carbocycles. The van der Waals surface area contributed by atoms with E-state index in [1.54, 1.807) is 30.3 Å². The first-order valence-electron chi connectivity index (χ1n) is 8.04. The van der Waals surface area contributed by atoms with Gasteiger partial charge in [0.15, 0.2) is 6.61 Å². The van der Waals surface area contributed by atoms with Crippen LogP contribution in [0.5, 0.6) is 5.75 Å². The molecule has 0 spiro atoms. The van der Waals surface area contributed by atoms with Gasteiger partial charge in [-0.1, -0.05) is 35.9 Å². The normalized spacial score (nSPS) is 15.3. The van der Waals surface area contributed by atoms with Gasteiger partial charge < -0.3 is 10.1 Å². The summed E-state index contributed by atoms with van der Waals surface area (Å²) in [6.45, 7) is -0.309. The van der Waals surface area contributed by atoms with Gasteiger partial charge in [0, 0.05) is 11.3 Å². The van der Waals surface area contributed by atoms with Gasteiger partial charge >= 0.3 is 0 Å². The number of carbonyl (C=O) groups excluding carboxylic acids is 3. The van der Waals surface area contributed by atoms with Crippen molar-refractivity contribution >= 4 is 46.8 Å². The fraction of sp³-hybridized carbons (Fsp3) is 0.167. The zero-order chi connectivity index (χ0) is 19.2. The molecule has 0 saturated heterocycles. The third-order valence-corrected chi connectivity index (χ3v) is 5.20. The van der Waals surface area contributed by atoms with Gasteiger partial charge in [0.25, 0.3) is 5.91 Å². The Morgan fingerprint density at radius 1 is 1.07 bits per heavy atom. The van der Waals surface area contributed by atoms with Gasteiger partial charge in [-0.15, -0.1) is 11.8 Å². The quantitative estimate of drug-likeness (QED) is 0.663. The molecule has 2 aromatic rings. The van der Waals surface area contributed by atoms with E-state index in [4.69, 9.17) is 16.3 Å². The number of benzene rings is 2. The predicted molar refractivity (Wildman–Crippen MR) is 103 cm³/mol. The molecule has 3 N–H and O–H groups in total. The lowest BCUT2D eigenvalue weighted by molar-refractivity contribution is -0.130. The molecule has 27 heavy (non-hydrogen) atoms. The second-order valence-electron chi connectivity index (χ2n) is 5.61. The number of carbonyl (C=O) groups is 3. The molecular weight excluding hydrogens is 390 g/mol. The molecule has 3 amide bonds. The lowest BCUT2D eigenvalue weighted by Crippen LogP contribution is -2.45. The zero-order valence-electron chi connectivity index (χ0n) is 14.0. The highest BCUT2D eigenvalue weighted by atomic mass is 35.5. The van der Waals surface area contributed by atoms with Crippen molar-refractivity contribution in [2.24, 2.45) is 0 Å². The Morgan fingerprint density at radius 2 is 1.78 bits per heavy atom.